The van der Waals surface area contributed by atoms with Crippen molar-refractivity contribution >= 4 is 27.3 Å². The van der Waals surface area contributed by atoms with Gasteiger partial charge in [0.15, 0.2) is 0 Å². The molecule has 1 aromatic heterocycles. The summed E-state index contributed by atoms with van der Waals surface area (Å²) >= 11 is 1.68. The van der Waals surface area contributed by atoms with Gasteiger partial charge in [0.1, 0.15) is 6.10 Å². The number of amides is 1. The van der Waals surface area contributed by atoms with Crippen LogP contribution in [-0.4, -0.2) is 29.1 Å². The highest BCUT2D eigenvalue weighted by molar-refractivity contribution is 7.17. The van der Waals surface area contributed by atoms with E-state index in [1.54, 1.807) is 23.3 Å². The molecule has 0 saturated heterocycles. The Morgan fingerprint density at radius 1 is 1.47 bits per heavy atom. The van der Waals surface area contributed by atoms with E-state index in [2.05, 4.69) is 17.5 Å². The number of hydrogen-bond donors (Lipinski definition) is 1. The van der Waals surface area contributed by atoms with Crippen molar-refractivity contribution in [2.75, 3.05) is 7.05 Å². The summed E-state index contributed by atoms with van der Waals surface area (Å²) in [6, 6.07) is 8.13. The van der Waals surface area contributed by atoms with Crippen molar-refractivity contribution in [3.05, 3.63) is 35.2 Å². The van der Waals surface area contributed by atoms with Crippen molar-refractivity contribution < 1.29 is 9.90 Å². The minimum absolute atomic E-state index is 0.250. The van der Waals surface area contributed by atoms with Crippen LogP contribution in [0.15, 0.2) is 29.6 Å². The maximum atomic E-state index is 11.6. The van der Waals surface area contributed by atoms with Crippen LogP contribution in [0.1, 0.15) is 12.5 Å². The summed E-state index contributed by atoms with van der Waals surface area (Å²) < 4.78 is 1.22. The average molecular weight is 249 g/mol. The van der Waals surface area contributed by atoms with Gasteiger partial charge in [0.25, 0.3) is 5.91 Å². The molecule has 0 spiro atoms. The highest BCUT2D eigenvalue weighted by atomic mass is 32.1. The standard InChI is InChI=1S/C13H15NO2S/c1-9(15)13(16)14(2)7-10-8-17-12-6-4-3-5-11(10)12/h3-6,8-9,15H,7H2,1-2H3. The van der Waals surface area contributed by atoms with E-state index in [1.807, 2.05) is 12.1 Å². The molecule has 1 amide bonds. The zero-order valence-corrected chi connectivity index (χ0v) is 10.7. The lowest BCUT2D eigenvalue weighted by Gasteiger charge is -2.18. The fraction of sp³-hybridized carbons (Fsp3) is 0.308. The first-order valence-electron chi connectivity index (χ1n) is 5.47. The number of aliphatic hydroxyl groups excluding tert-OH is 1. The first-order valence-corrected chi connectivity index (χ1v) is 6.35. The Labute approximate surface area is 104 Å². The zero-order chi connectivity index (χ0) is 12.4. The van der Waals surface area contributed by atoms with Crippen LogP contribution in [0, 0.1) is 0 Å². The molecule has 1 aromatic carbocycles. The molecule has 17 heavy (non-hydrogen) atoms. The summed E-state index contributed by atoms with van der Waals surface area (Å²) in [5.41, 5.74) is 1.13. The topological polar surface area (TPSA) is 40.5 Å². The maximum absolute atomic E-state index is 11.6. The second kappa shape index (κ2) is 4.85. The average Bonchev–Trinajstić information content (AvgIpc) is 2.71. The van der Waals surface area contributed by atoms with Gasteiger partial charge in [0.05, 0.1) is 0 Å². The van der Waals surface area contributed by atoms with E-state index in [0.717, 1.165) is 5.56 Å². The Morgan fingerprint density at radius 2 is 2.18 bits per heavy atom. The van der Waals surface area contributed by atoms with Gasteiger partial charge in [-0.3, -0.25) is 4.79 Å². The van der Waals surface area contributed by atoms with Crippen LogP contribution in [0.2, 0.25) is 0 Å². The van der Waals surface area contributed by atoms with Crippen LogP contribution in [0.25, 0.3) is 10.1 Å². The van der Waals surface area contributed by atoms with Gasteiger partial charge in [-0.25, -0.2) is 0 Å². The summed E-state index contributed by atoms with van der Waals surface area (Å²) in [6.07, 6.45) is -0.940. The summed E-state index contributed by atoms with van der Waals surface area (Å²) in [5.74, 6) is -0.250. The molecule has 0 saturated carbocycles. The Morgan fingerprint density at radius 3 is 2.88 bits per heavy atom. The monoisotopic (exact) mass is 249 g/mol. The third-order valence-corrected chi connectivity index (χ3v) is 3.71. The fourth-order valence-corrected chi connectivity index (χ4v) is 2.76. The van der Waals surface area contributed by atoms with Crippen molar-refractivity contribution in [3.8, 4) is 0 Å². The van der Waals surface area contributed by atoms with Gasteiger partial charge in [-0.05, 0) is 29.3 Å². The molecule has 0 bridgehead atoms. The number of carbonyl (C=O) groups excluding carboxylic acids is 1. The molecule has 3 nitrogen and oxygen atoms in total. The zero-order valence-electron chi connectivity index (χ0n) is 9.88. The Balaban J connectivity index is 2.21. The smallest absolute Gasteiger partial charge is 0.251 e. The van der Waals surface area contributed by atoms with Gasteiger partial charge < -0.3 is 10.0 Å². The third kappa shape index (κ3) is 2.48. The van der Waals surface area contributed by atoms with E-state index in [0.29, 0.717) is 6.54 Å². The van der Waals surface area contributed by atoms with E-state index in [4.69, 9.17) is 0 Å². The number of thiophene rings is 1. The summed E-state index contributed by atoms with van der Waals surface area (Å²) in [4.78, 5) is 13.1. The molecule has 2 aromatic rings. The molecular formula is C13H15NO2S. The first-order chi connectivity index (χ1) is 8.09. The molecule has 0 fully saturated rings. The van der Waals surface area contributed by atoms with Crippen LogP contribution in [-0.2, 0) is 11.3 Å². The molecule has 1 N–H and O–H groups in total. The lowest BCUT2D eigenvalue weighted by Crippen LogP contribution is -2.34. The van der Waals surface area contributed by atoms with E-state index < -0.39 is 6.10 Å². The van der Waals surface area contributed by atoms with Crippen LogP contribution in [0.5, 0.6) is 0 Å². The molecule has 4 heteroatoms. The molecule has 0 aliphatic rings. The van der Waals surface area contributed by atoms with E-state index in [9.17, 15) is 9.90 Å². The number of fused-ring (bicyclic) bond motifs is 1. The van der Waals surface area contributed by atoms with Crippen molar-refractivity contribution in [1.29, 1.82) is 0 Å². The minimum atomic E-state index is -0.940. The SMILES string of the molecule is CC(O)C(=O)N(C)Cc1csc2ccccc12. The molecule has 1 atom stereocenters. The maximum Gasteiger partial charge on any atom is 0.251 e. The van der Waals surface area contributed by atoms with Gasteiger partial charge in [0.2, 0.25) is 0 Å². The Kier molecular flexibility index (Phi) is 3.45. The van der Waals surface area contributed by atoms with Crippen molar-refractivity contribution in [2.24, 2.45) is 0 Å². The van der Waals surface area contributed by atoms with Gasteiger partial charge in [0, 0.05) is 18.3 Å². The highest BCUT2D eigenvalue weighted by Crippen LogP contribution is 2.26. The fourth-order valence-electron chi connectivity index (χ4n) is 1.81. The molecule has 1 heterocycles. The second-order valence-corrected chi connectivity index (χ2v) is 5.04. The highest BCUT2D eigenvalue weighted by Gasteiger charge is 2.15. The largest absolute Gasteiger partial charge is 0.384 e. The predicted molar refractivity (Wildman–Crippen MR) is 70.0 cm³/mol. The molecule has 90 valence electrons. The third-order valence-electron chi connectivity index (χ3n) is 2.70. The number of benzene rings is 1. The Hall–Kier alpha value is -1.39. The van der Waals surface area contributed by atoms with Crippen LogP contribution >= 0.6 is 11.3 Å². The lowest BCUT2D eigenvalue weighted by atomic mass is 10.1. The van der Waals surface area contributed by atoms with Gasteiger partial charge in [-0.2, -0.15) is 0 Å². The van der Waals surface area contributed by atoms with Crippen molar-refractivity contribution in [2.45, 2.75) is 19.6 Å². The quantitative estimate of drug-likeness (QED) is 0.906. The van der Waals surface area contributed by atoms with Crippen LogP contribution in [0.4, 0.5) is 0 Å². The minimum Gasteiger partial charge on any atom is -0.384 e. The number of rotatable bonds is 3. The number of hydrogen-bond acceptors (Lipinski definition) is 3. The first kappa shape index (κ1) is 12.1. The normalized spacial score (nSPS) is 12.6. The molecule has 1 unspecified atom stereocenters. The van der Waals surface area contributed by atoms with Crippen molar-refractivity contribution in [3.63, 3.8) is 0 Å². The Bertz CT molecular complexity index is 533. The predicted octanol–water partition coefficient (Wildman–Crippen LogP) is 2.24. The van der Waals surface area contributed by atoms with Crippen LogP contribution in [0.3, 0.4) is 0 Å². The molecule has 0 aliphatic carbocycles. The number of likely N-dealkylation sites (N-methyl/N-ethyl adjacent to an activating group) is 1. The second-order valence-electron chi connectivity index (χ2n) is 4.13. The van der Waals surface area contributed by atoms with Gasteiger partial charge in [-0.15, -0.1) is 11.3 Å². The number of nitrogens with zero attached hydrogens (tertiary/aromatic N) is 1. The number of carbonyl (C=O) groups is 1. The summed E-state index contributed by atoms with van der Waals surface area (Å²) in [7, 11) is 1.71. The van der Waals surface area contributed by atoms with E-state index in [1.165, 1.54) is 17.0 Å². The van der Waals surface area contributed by atoms with Gasteiger partial charge >= 0.3 is 0 Å². The molecular weight excluding hydrogens is 234 g/mol. The molecule has 0 aliphatic heterocycles. The molecule has 0 radical (unpaired) electrons. The number of aliphatic hydroxyl groups is 1. The van der Waals surface area contributed by atoms with E-state index >= 15 is 0 Å². The lowest BCUT2D eigenvalue weighted by molar-refractivity contribution is -0.138. The summed E-state index contributed by atoms with van der Waals surface area (Å²) in [5, 5.41) is 12.5. The molecule has 2 rings (SSSR count). The van der Waals surface area contributed by atoms with Crippen molar-refractivity contribution in [1.82, 2.24) is 4.90 Å². The van der Waals surface area contributed by atoms with E-state index in [-0.39, 0.29) is 5.91 Å². The van der Waals surface area contributed by atoms with Gasteiger partial charge in [-0.1, -0.05) is 18.2 Å². The summed E-state index contributed by atoms with van der Waals surface area (Å²) in [6.45, 7) is 2.03. The van der Waals surface area contributed by atoms with Crippen LogP contribution < -0.4 is 0 Å².